The maximum atomic E-state index is 12.1. The van der Waals surface area contributed by atoms with Crippen LogP contribution in [0.4, 0.5) is 0 Å². The lowest BCUT2D eigenvalue weighted by molar-refractivity contribution is -0.117. The first-order chi connectivity index (χ1) is 10.9. The van der Waals surface area contributed by atoms with Gasteiger partial charge in [-0.2, -0.15) is 0 Å². The molecule has 0 bridgehead atoms. The fourth-order valence-corrected chi connectivity index (χ4v) is 2.65. The normalized spacial score (nSPS) is 12.4. The lowest BCUT2D eigenvalue weighted by Gasteiger charge is -2.14. The summed E-state index contributed by atoms with van der Waals surface area (Å²) in [6, 6.07) is 11.3. The second-order valence-corrected chi connectivity index (χ2v) is 6.42. The van der Waals surface area contributed by atoms with E-state index in [1.807, 2.05) is 13.0 Å². The van der Waals surface area contributed by atoms with E-state index in [0.717, 1.165) is 11.1 Å². The molecular formula is C19H19Cl2NO. The van der Waals surface area contributed by atoms with Crippen molar-refractivity contribution in [3.63, 3.8) is 0 Å². The molecule has 0 aliphatic rings. The summed E-state index contributed by atoms with van der Waals surface area (Å²) >= 11 is 11.9. The van der Waals surface area contributed by atoms with Crippen LogP contribution in [0.1, 0.15) is 35.2 Å². The third kappa shape index (κ3) is 4.85. The number of hydrogen-bond donors (Lipinski definition) is 1. The predicted molar refractivity (Wildman–Crippen MR) is 98.0 cm³/mol. The number of nitrogens with one attached hydrogen (secondary N) is 1. The number of halogens is 2. The third-order valence-corrected chi connectivity index (χ3v) is 4.33. The fraction of sp³-hybridized carbons (Fsp3) is 0.211. The highest BCUT2D eigenvalue weighted by Gasteiger charge is 2.08. The number of rotatable bonds is 4. The minimum absolute atomic E-state index is 0.0628. The lowest BCUT2D eigenvalue weighted by atomic mass is 10.0. The summed E-state index contributed by atoms with van der Waals surface area (Å²) in [7, 11) is 0. The van der Waals surface area contributed by atoms with E-state index in [1.165, 1.54) is 17.2 Å². The Bertz CT molecular complexity index is 753. The third-order valence-electron chi connectivity index (χ3n) is 3.77. The van der Waals surface area contributed by atoms with E-state index in [9.17, 15) is 4.79 Å². The minimum Gasteiger partial charge on any atom is -0.346 e. The molecule has 0 radical (unpaired) electrons. The monoisotopic (exact) mass is 347 g/mol. The minimum atomic E-state index is -0.165. The molecule has 2 rings (SSSR count). The largest absolute Gasteiger partial charge is 0.346 e. The molecule has 120 valence electrons. The Balaban J connectivity index is 2.03. The molecule has 0 unspecified atom stereocenters. The SMILES string of the molecule is Cc1ccc([C@@H](C)NC(=O)/C=C/c2ccc(Cl)cc2Cl)cc1C. The van der Waals surface area contributed by atoms with Gasteiger partial charge < -0.3 is 5.32 Å². The van der Waals surface area contributed by atoms with Crippen molar-refractivity contribution >= 4 is 35.2 Å². The van der Waals surface area contributed by atoms with Gasteiger partial charge in [0.05, 0.1) is 6.04 Å². The van der Waals surface area contributed by atoms with Crippen LogP contribution in [0.2, 0.25) is 10.0 Å². The van der Waals surface area contributed by atoms with Gasteiger partial charge in [0.15, 0.2) is 0 Å². The maximum absolute atomic E-state index is 12.1. The molecule has 0 heterocycles. The van der Waals surface area contributed by atoms with Gasteiger partial charge in [-0.25, -0.2) is 0 Å². The van der Waals surface area contributed by atoms with Gasteiger partial charge in [0.1, 0.15) is 0 Å². The molecule has 0 saturated carbocycles. The van der Waals surface area contributed by atoms with Crippen LogP contribution in [0.25, 0.3) is 6.08 Å². The van der Waals surface area contributed by atoms with Crippen LogP contribution in [0.5, 0.6) is 0 Å². The second-order valence-electron chi connectivity index (χ2n) is 5.57. The Morgan fingerprint density at radius 3 is 2.48 bits per heavy atom. The van der Waals surface area contributed by atoms with Crippen molar-refractivity contribution in [2.45, 2.75) is 26.8 Å². The van der Waals surface area contributed by atoms with Crippen LogP contribution in [0.15, 0.2) is 42.5 Å². The summed E-state index contributed by atoms with van der Waals surface area (Å²) in [4.78, 5) is 12.1. The highest BCUT2D eigenvalue weighted by atomic mass is 35.5. The molecule has 4 heteroatoms. The van der Waals surface area contributed by atoms with Gasteiger partial charge in [-0.1, -0.05) is 47.5 Å². The summed E-state index contributed by atoms with van der Waals surface area (Å²) in [6.45, 7) is 6.10. The molecule has 1 N–H and O–H groups in total. The lowest BCUT2D eigenvalue weighted by Crippen LogP contribution is -2.24. The highest BCUT2D eigenvalue weighted by Crippen LogP contribution is 2.22. The summed E-state index contributed by atoms with van der Waals surface area (Å²) in [6.07, 6.45) is 3.16. The first-order valence-corrected chi connectivity index (χ1v) is 8.13. The van der Waals surface area contributed by atoms with Crippen molar-refractivity contribution in [2.24, 2.45) is 0 Å². The summed E-state index contributed by atoms with van der Waals surface area (Å²) in [5, 5.41) is 4.04. The number of carbonyl (C=O) groups is 1. The Kier molecular flexibility index (Phi) is 5.86. The molecule has 2 aromatic carbocycles. The topological polar surface area (TPSA) is 29.1 Å². The highest BCUT2D eigenvalue weighted by molar-refractivity contribution is 6.35. The Morgan fingerprint density at radius 1 is 1.09 bits per heavy atom. The van der Waals surface area contributed by atoms with Gasteiger partial charge in [0.25, 0.3) is 0 Å². The van der Waals surface area contributed by atoms with E-state index < -0.39 is 0 Å². The predicted octanol–water partition coefficient (Wildman–Crippen LogP) is 5.50. The summed E-state index contributed by atoms with van der Waals surface area (Å²) in [5.41, 5.74) is 4.29. The average molecular weight is 348 g/mol. The second kappa shape index (κ2) is 7.67. The first-order valence-electron chi connectivity index (χ1n) is 7.37. The maximum Gasteiger partial charge on any atom is 0.244 e. The van der Waals surface area contributed by atoms with Crippen LogP contribution in [-0.4, -0.2) is 5.91 Å². The molecule has 23 heavy (non-hydrogen) atoms. The molecule has 1 atom stereocenters. The zero-order valence-electron chi connectivity index (χ0n) is 13.4. The molecule has 0 aromatic heterocycles. The number of hydrogen-bond acceptors (Lipinski definition) is 1. The van der Waals surface area contributed by atoms with Crippen LogP contribution < -0.4 is 5.32 Å². The quantitative estimate of drug-likeness (QED) is 0.726. The number of carbonyl (C=O) groups excluding carboxylic acids is 1. The van der Waals surface area contributed by atoms with Crippen molar-refractivity contribution < 1.29 is 4.79 Å². The van der Waals surface area contributed by atoms with E-state index in [1.54, 1.807) is 24.3 Å². The molecule has 0 aliphatic heterocycles. The average Bonchev–Trinajstić information content (AvgIpc) is 2.49. The van der Waals surface area contributed by atoms with Crippen LogP contribution in [0.3, 0.4) is 0 Å². The Morgan fingerprint density at radius 2 is 1.83 bits per heavy atom. The zero-order chi connectivity index (χ0) is 17.0. The summed E-state index contributed by atoms with van der Waals surface area (Å²) < 4.78 is 0. The number of amides is 1. The molecule has 0 fully saturated rings. The van der Waals surface area contributed by atoms with E-state index in [-0.39, 0.29) is 11.9 Å². The van der Waals surface area contributed by atoms with Gasteiger partial charge in [0, 0.05) is 16.1 Å². The fourth-order valence-electron chi connectivity index (χ4n) is 2.18. The Labute approximate surface area is 147 Å². The van der Waals surface area contributed by atoms with E-state index >= 15 is 0 Å². The van der Waals surface area contributed by atoms with E-state index in [2.05, 4.69) is 31.3 Å². The molecular weight excluding hydrogens is 329 g/mol. The van der Waals surface area contributed by atoms with Gasteiger partial charge in [-0.05, 0) is 61.2 Å². The molecule has 0 saturated heterocycles. The number of benzene rings is 2. The standard InChI is InChI=1S/C19H19Cl2NO/c1-12-4-5-16(10-13(12)2)14(3)22-19(23)9-7-15-6-8-17(20)11-18(15)21/h4-11,14H,1-3H3,(H,22,23)/b9-7+/t14-/m1/s1. The molecule has 0 aliphatic carbocycles. The van der Waals surface area contributed by atoms with Gasteiger partial charge >= 0.3 is 0 Å². The van der Waals surface area contributed by atoms with Crippen molar-refractivity contribution in [3.05, 3.63) is 74.8 Å². The molecule has 2 nitrogen and oxygen atoms in total. The molecule has 0 spiro atoms. The zero-order valence-corrected chi connectivity index (χ0v) is 14.9. The van der Waals surface area contributed by atoms with Crippen LogP contribution in [0, 0.1) is 13.8 Å². The molecule has 2 aromatic rings. The van der Waals surface area contributed by atoms with Gasteiger partial charge in [-0.3, -0.25) is 4.79 Å². The summed E-state index contributed by atoms with van der Waals surface area (Å²) in [5.74, 6) is -0.165. The van der Waals surface area contributed by atoms with Crippen molar-refractivity contribution in [2.75, 3.05) is 0 Å². The molecule has 1 amide bonds. The van der Waals surface area contributed by atoms with Crippen molar-refractivity contribution in [3.8, 4) is 0 Å². The van der Waals surface area contributed by atoms with Crippen molar-refractivity contribution in [1.82, 2.24) is 5.32 Å². The smallest absolute Gasteiger partial charge is 0.244 e. The van der Waals surface area contributed by atoms with Crippen molar-refractivity contribution in [1.29, 1.82) is 0 Å². The van der Waals surface area contributed by atoms with Crippen LogP contribution >= 0.6 is 23.2 Å². The van der Waals surface area contributed by atoms with E-state index in [4.69, 9.17) is 23.2 Å². The first kappa shape index (κ1) is 17.6. The van der Waals surface area contributed by atoms with Gasteiger partial charge in [-0.15, -0.1) is 0 Å². The Hall–Kier alpha value is -1.77. The van der Waals surface area contributed by atoms with E-state index in [0.29, 0.717) is 10.0 Å². The van der Waals surface area contributed by atoms with Gasteiger partial charge in [0.2, 0.25) is 5.91 Å². The van der Waals surface area contributed by atoms with Crippen LogP contribution in [-0.2, 0) is 4.79 Å². The number of aryl methyl sites for hydroxylation is 2.